The van der Waals surface area contributed by atoms with Gasteiger partial charge in [0.15, 0.2) is 0 Å². The molecule has 0 aliphatic rings. The van der Waals surface area contributed by atoms with Crippen molar-refractivity contribution in [1.29, 1.82) is 0 Å². The second-order valence-electron chi connectivity index (χ2n) is 3.63. The number of primary amides is 1. The van der Waals surface area contributed by atoms with Gasteiger partial charge in [-0.25, -0.2) is 4.39 Å². The number of amides is 2. The smallest absolute Gasteiger partial charge is 0.248 e. The van der Waals surface area contributed by atoms with Crippen molar-refractivity contribution in [2.75, 3.05) is 6.54 Å². The molecule has 0 saturated heterocycles. The van der Waals surface area contributed by atoms with Crippen molar-refractivity contribution in [3.05, 3.63) is 40.7 Å². The monoisotopic (exact) mass is 286 g/mol. The molecule has 0 heterocycles. The largest absolute Gasteiger partial charge is 0.381 e. The molecule has 1 aromatic rings. The summed E-state index contributed by atoms with van der Waals surface area (Å²) in [6.45, 7) is -0.316. The van der Waals surface area contributed by atoms with Gasteiger partial charge in [0.1, 0.15) is 11.9 Å². The van der Waals surface area contributed by atoms with E-state index in [0.717, 1.165) is 6.08 Å². The Balaban J connectivity index is 2.62. The Bertz CT molecular complexity index is 499. The van der Waals surface area contributed by atoms with E-state index >= 15 is 0 Å². The minimum Gasteiger partial charge on any atom is -0.381 e. The molecule has 19 heavy (non-hydrogen) atoms. The van der Waals surface area contributed by atoms with E-state index in [1.807, 2.05) is 0 Å². The predicted molar refractivity (Wildman–Crippen MR) is 68.7 cm³/mol. The highest BCUT2D eigenvalue weighted by Crippen LogP contribution is 2.20. The summed E-state index contributed by atoms with van der Waals surface area (Å²) in [6, 6.07) is 4.14. The van der Waals surface area contributed by atoms with E-state index < -0.39 is 23.7 Å². The van der Waals surface area contributed by atoms with Gasteiger partial charge in [-0.15, -0.1) is 0 Å². The van der Waals surface area contributed by atoms with Gasteiger partial charge >= 0.3 is 0 Å². The second-order valence-corrected chi connectivity index (χ2v) is 4.04. The number of halogens is 2. The minimum atomic E-state index is -1.46. The average molecular weight is 287 g/mol. The molecule has 0 aliphatic heterocycles. The number of nitrogens with one attached hydrogen (secondary N) is 1. The van der Waals surface area contributed by atoms with Gasteiger partial charge in [0.25, 0.3) is 0 Å². The van der Waals surface area contributed by atoms with Crippen LogP contribution < -0.4 is 11.1 Å². The highest BCUT2D eigenvalue weighted by atomic mass is 35.5. The summed E-state index contributed by atoms with van der Waals surface area (Å²) in [4.78, 5) is 21.9. The van der Waals surface area contributed by atoms with E-state index in [2.05, 4.69) is 5.32 Å². The van der Waals surface area contributed by atoms with Crippen LogP contribution in [0.2, 0.25) is 5.02 Å². The highest BCUT2D eigenvalue weighted by Gasteiger charge is 2.11. The molecular weight excluding hydrogens is 275 g/mol. The molecular formula is C12H12ClFN2O3. The predicted octanol–water partition coefficient (Wildman–Crippen LogP) is 0.455. The summed E-state index contributed by atoms with van der Waals surface area (Å²) in [5.74, 6) is -2.12. The molecule has 0 spiro atoms. The lowest BCUT2D eigenvalue weighted by atomic mass is 10.2. The molecule has 0 aliphatic carbocycles. The van der Waals surface area contributed by atoms with Crippen LogP contribution in [0.15, 0.2) is 24.3 Å². The zero-order valence-corrected chi connectivity index (χ0v) is 10.5. The third-order valence-corrected chi connectivity index (χ3v) is 2.53. The first kappa shape index (κ1) is 15.1. The molecule has 0 aromatic heterocycles. The normalized spacial score (nSPS) is 12.4. The van der Waals surface area contributed by atoms with Crippen molar-refractivity contribution in [2.45, 2.75) is 6.10 Å². The third-order valence-electron chi connectivity index (χ3n) is 2.20. The maximum atomic E-state index is 13.4. The standard InChI is InChI=1S/C12H12ClFN2O3/c13-8-2-1-3-9(14)7(8)4-5-11(18)16-6-10(17)12(15)19/h1-5,10,17H,6H2,(H2,15,19)(H,16,18)/b5-4+. The maximum absolute atomic E-state index is 13.4. The van der Waals surface area contributed by atoms with Gasteiger partial charge < -0.3 is 16.2 Å². The van der Waals surface area contributed by atoms with Crippen molar-refractivity contribution in [1.82, 2.24) is 5.32 Å². The topological polar surface area (TPSA) is 92.4 Å². The Hall–Kier alpha value is -1.92. The quantitative estimate of drug-likeness (QED) is 0.686. The van der Waals surface area contributed by atoms with Gasteiger partial charge in [-0.1, -0.05) is 17.7 Å². The van der Waals surface area contributed by atoms with Crippen LogP contribution in [0.3, 0.4) is 0 Å². The van der Waals surface area contributed by atoms with E-state index in [-0.39, 0.29) is 17.1 Å². The lowest BCUT2D eigenvalue weighted by Gasteiger charge is -2.06. The van der Waals surface area contributed by atoms with Crippen LogP contribution in [-0.2, 0) is 9.59 Å². The van der Waals surface area contributed by atoms with Crippen molar-refractivity contribution in [3.8, 4) is 0 Å². The second kappa shape index (κ2) is 6.86. The van der Waals surface area contributed by atoms with Gasteiger partial charge in [-0.05, 0) is 18.2 Å². The molecule has 1 atom stereocenters. The maximum Gasteiger partial charge on any atom is 0.248 e. The number of hydrogen-bond acceptors (Lipinski definition) is 3. The fourth-order valence-corrected chi connectivity index (χ4v) is 1.41. The molecule has 1 rings (SSSR count). The Morgan fingerprint density at radius 1 is 1.53 bits per heavy atom. The van der Waals surface area contributed by atoms with Crippen LogP contribution in [0.5, 0.6) is 0 Å². The van der Waals surface area contributed by atoms with E-state index in [0.29, 0.717) is 0 Å². The number of hydrogen-bond donors (Lipinski definition) is 3. The fourth-order valence-electron chi connectivity index (χ4n) is 1.19. The van der Waals surface area contributed by atoms with Crippen LogP contribution in [-0.4, -0.2) is 29.6 Å². The molecule has 2 amide bonds. The molecule has 0 saturated carbocycles. The van der Waals surface area contributed by atoms with Crippen molar-refractivity contribution in [3.63, 3.8) is 0 Å². The molecule has 1 aromatic carbocycles. The lowest BCUT2D eigenvalue weighted by molar-refractivity contribution is -0.126. The van der Waals surface area contributed by atoms with Crippen LogP contribution in [0.4, 0.5) is 4.39 Å². The van der Waals surface area contributed by atoms with Crippen LogP contribution >= 0.6 is 11.6 Å². The summed E-state index contributed by atoms with van der Waals surface area (Å²) in [5.41, 5.74) is 4.88. The zero-order chi connectivity index (χ0) is 14.4. The number of aliphatic hydroxyl groups excluding tert-OH is 1. The van der Waals surface area contributed by atoms with Gasteiger partial charge in [-0.2, -0.15) is 0 Å². The Labute approximate surface area is 113 Å². The third kappa shape index (κ3) is 4.69. The number of benzene rings is 1. The summed E-state index contributed by atoms with van der Waals surface area (Å²) >= 11 is 5.76. The Morgan fingerprint density at radius 3 is 2.79 bits per heavy atom. The Kier molecular flexibility index (Phi) is 5.47. The summed E-state index contributed by atoms with van der Waals surface area (Å²) in [6.07, 6.45) is 0.774. The van der Waals surface area contributed by atoms with Gasteiger partial charge in [-0.3, -0.25) is 9.59 Å². The molecule has 7 heteroatoms. The number of aliphatic hydroxyl groups is 1. The first-order valence-electron chi connectivity index (χ1n) is 5.29. The van der Waals surface area contributed by atoms with Gasteiger partial charge in [0.2, 0.25) is 11.8 Å². The van der Waals surface area contributed by atoms with E-state index in [4.69, 9.17) is 22.4 Å². The van der Waals surface area contributed by atoms with E-state index in [1.54, 1.807) is 0 Å². The average Bonchev–Trinajstić information content (AvgIpc) is 2.35. The molecule has 1 unspecified atom stereocenters. The molecule has 102 valence electrons. The first-order valence-corrected chi connectivity index (χ1v) is 5.67. The lowest BCUT2D eigenvalue weighted by Crippen LogP contribution is -2.39. The van der Waals surface area contributed by atoms with Crippen molar-refractivity contribution in [2.24, 2.45) is 5.73 Å². The SMILES string of the molecule is NC(=O)C(O)CNC(=O)/C=C/c1c(F)cccc1Cl. The number of rotatable bonds is 5. The summed E-state index contributed by atoms with van der Waals surface area (Å²) in [7, 11) is 0. The van der Waals surface area contributed by atoms with E-state index in [1.165, 1.54) is 24.3 Å². The first-order chi connectivity index (χ1) is 8.91. The highest BCUT2D eigenvalue weighted by molar-refractivity contribution is 6.32. The molecule has 4 N–H and O–H groups in total. The molecule has 0 bridgehead atoms. The number of carbonyl (C=O) groups is 2. The van der Waals surface area contributed by atoms with Gasteiger partial charge in [0, 0.05) is 11.6 Å². The van der Waals surface area contributed by atoms with E-state index in [9.17, 15) is 14.0 Å². The van der Waals surface area contributed by atoms with Crippen molar-refractivity contribution >= 4 is 29.5 Å². The molecule has 0 radical (unpaired) electrons. The van der Waals surface area contributed by atoms with Crippen molar-refractivity contribution < 1.29 is 19.1 Å². The summed E-state index contributed by atoms with van der Waals surface area (Å²) in [5, 5.41) is 11.5. The van der Waals surface area contributed by atoms with Crippen LogP contribution in [0.25, 0.3) is 6.08 Å². The van der Waals surface area contributed by atoms with Gasteiger partial charge in [0.05, 0.1) is 11.6 Å². The minimum absolute atomic E-state index is 0.0785. The number of carbonyl (C=O) groups excluding carboxylic acids is 2. The van der Waals surface area contributed by atoms with Crippen LogP contribution in [0.1, 0.15) is 5.56 Å². The van der Waals surface area contributed by atoms with Crippen LogP contribution in [0, 0.1) is 5.82 Å². The zero-order valence-electron chi connectivity index (χ0n) is 9.77. The molecule has 5 nitrogen and oxygen atoms in total. The Morgan fingerprint density at radius 2 is 2.21 bits per heavy atom. The summed E-state index contributed by atoms with van der Waals surface area (Å²) < 4.78 is 13.4. The molecule has 0 fully saturated rings. The number of nitrogens with two attached hydrogens (primary N) is 1. The fraction of sp³-hybridized carbons (Fsp3) is 0.167.